The van der Waals surface area contributed by atoms with E-state index in [1.807, 2.05) is 17.8 Å². The van der Waals surface area contributed by atoms with Gasteiger partial charge in [0.05, 0.1) is 7.11 Å². The van der Waals surface area contributed by atoms with Crippen LogP contribution >= 0.6 is 0 Å². The Morgan fingerprint density at radius 3 is 2.43 bits per heavy atom. The summed E-state index contributed by atoms with van der Waals surface area (Å²) in [4.78, 5) is 7.04. The van der Waals surface area contributed by atoms with Crippen molar-refractivity contribution in [2.75, 3.05) is 7.11 Å². The van der Waals surface area contributed by atoms with Gasteiger partial charge in [0.25, 0.3) is 0 Å². The average molecular weight is 384 g/mol. The summed E-state index contributed by atoms with van der Waals surface area (Å²) in [5.74, 6) is 1.76. The molecule has 152 valence electrons. The first-order valence-corrected chi connectivity index (χ1v) is 10.3. The van der Waals surface area contributed by atoms with Gasteiger partial charge < -0.3 is 14.4 Å². The summed E-state index contributed by atoms with van der Waals surface area (Å²) in [6.45, 7) is 7.61. The van der Waals surface area contributed by atoms with Crippen LogP contribution in [0, 0.1) is 0 Å². The second-order valence-electron chi connectivity index (χ2n) is 9.64. The molecule has 0 amide bonds. The number of hydrogen-bond donors (Lipinski definition) is 1. The highest BCUT2D eigenvalue weighted by Crippen LogP contribution is 2.46. The zero-order chi connectivity index (χ0) is 20.1. The minimum absolute atomic E-state index is 0.111. The van der Waals surface area contributed by atoms with Crippen molar-refractivity contribution in [3.63, 3.8) is 0 Å². The molecule has 5 nitrogen and oxygen atoms in total. The molecule has 2 saturated heterocycles. The van der Waals surface area contributed by atoms with Crippen molar-refractivity contribution in [2.24, 2.45) is 7.05 Å². The molecule has 2 atom stereocenters. The highest BCUT2D eigenvalue weighted by molar-refractivity contribution is 5.40. The summed E-state index contributed by atoms with van der Waals surface area (Å²) in [7, 11) is 3.72. The largest absolute Gasteiger partial charge is 0.496 e. The van der Waals surface area contributed by atoms with E-state index >= 15 is 0 Å². The Hall–Kier alpha value is -1.85. The molecule has 4 rings (SSSR count). The quantitative estimate of drug-likeness (QED) is 0.874. The van der Waals surface area contributed by atoms with Crippen LogP contribution < -0.4 is 4.74 Å². The Bertz CT molecular complexity index is 838. The molecule has 0 saturated carbocycles. The number of hydrogen-bond acceptors (Lipinski definition) is 4. The van der Waals surface area contributed by atoms with Gasteiger partial charge in [-0.05, 0) is 42.7 Å². The molecule has 0 aliphatic carbocycles. The topological polar surface area (TPSA) is 50.5 Å². The van der Waals surface area contributed by atoms with E-state index in [2.05, 4.69) is 48.9 Å². The van der Waals surface area contributed by atoms with Crippen LogP contribution in [0.2, 0.25) is 0 Å². The first-order valence-electron chi connectivity index (χ1n) is 10.3. The third kappa shape index (κ3) is 3.35. The first-order chi connectivity index (χ1) is 13.2. The zero-order valence-corrected chi connectivity index (χ0v) is 17.8. The molecule has 2 bridgehead atoms. The fourth-order valence-electron chi connectivity index (χ4n) is 5.14. The Labute approximate surface area is 168 Å². The maximum Gasteiger partial charge on any atom is 0.140 e. The van der Waals surface area contributed by atoms with E-state index in [0.717, 1.165) is 43.8 Å². The summed E-state index contributed by atoms with van der Waals surface area (Å²) in [6, 6.07) is 7.34. The molecule has 2 unspecified atom stereocenters. The summed E-state index contributed by atoms with van der Waals surface area (Å²) < 4.78 is 7.63. The van der Waals surface area contributed by atoms with E-state index < -0.39 is 5.60 Å². The normalized spacial score (nSPS) is 27.9. The van der Waals surface area contributed by atoms with E-state index in [0.29, 0.717) is 12.1 Å². The predicted octanol–water partition coefficient (Wildman–Crippen LogP) is 3.74. The number of aliphatic hydroxyl groups is 1. The lowest BCUT2D eigenvalue weighted by molar-refractivity contribution is -0.0670. The Morgan fingerprint density at radius 2 is 1.89 bits per heavy atom. The first kappa shape index (κ1) is 19.5. The molecule has 2 aromatic rings. The van der Waals surface area contributed by atoms with Gasteiger partial charge >= 0.3 is 0 Å². The van der Waals surface area contributed by atoms with Crippen molar-refractivity contribution >= 4 is 0 Å². The number of nitrogens with zero attached hydrogens (tertiary/aromatic N) is 3. The number of aryl methyl sites for hydroxylation is 1. The summed E-state index contributed by atoms with van der Waals surface area (Å²) in [5.41, 5.74) is 1.87. The second-order valence-corrected chi connectivity index (χ2v) is 9.64. The SMILES string of the molecule is COc1ccc(C(C)(C)C)cc1CN1C2CCC1CC(O)(c1nccn1C)C2. The van der Waals surface area contributed by atoms with Gasteiger partial charge in [-0.1, -0.05) is 32.9 Å². The molecular formula is C23H33N3O2. The number of aromatic nitrogens is 2. The van der Waals surface area contributed by atoms with Gasteiger partial charge in [-0.2, -0.15) is 0 Å². The summed E-state index contributed by atoms with van der Waals surface area (Å²) in [5, 5.41) is 11.4. The van der Waals surface area contributed by atoms with Crippen LogP contribution in [0.5, 0.6) is 5.75 Å². The molecule has 0 spiro atoms. The highest BCUT2D eigenvalue weighted by Gasteiger charge is 2.49. The zero-order valence-electron chi connectivity index (χ0n) is 17.8. The Morgan fingerprint density at radius 1 is 1.21 bits per heavy atom. The smallest absolute Gasteiger partial charge is 0.140 e. The number of imidazole rings is 1. The van der Waals surface area contributed by atoms with Crippen LogP contribution in [0.4, 0.5) is 0 Å². The standard InChI is InChI=1S/C23H33N3O2/c1-22(2,3)17-6-9-20(28-5)16(12-17)15-26-18-7-8-19(26)14-23(27,13-18)21-24-10-11-25(21)4/h6,9-12,18-19,27H,7-8,13-15H2,1-5H3. The highest BCUT2D eigenvalue weighted by atomic mass is 16.5. The van der Waals surface area contributed by atoms with Crippen molar-refractivity contribution < 1.29 is 9.84 Å². The molecule has 2 aliphatic heterocycles. The van der Waals surface area contributed by atoms with Gasteiger partial charge in [0, 0.05) is 43.6 Å². The number of benzene rings is 1. The van der Waals surface area contributed by atoms with Crippen molar-refractivity contribution in [3.8, 4) is 5.75 Å². The maximum atomic E-state index is 11.4. The van der Waals surface area contributed by atoms with E-state index in [-0.39, 0.29) is 5.41 Å². The lowest BCUT2D eigenvalue weighted by atomic mass is 9.84. The molecule has 5 heteroatoms. The van der Waals surface area contributed by atoms with E-state index in [1.54, 1.807) is 13.3 Å². The van der Waals surface area contributed by atoms with Crippen LogP contribution in [0.1, 0.15) is 63.4 Å². The molecular weight excluding hydrogens is 350 g/mol. The molecule has 28 heavy (non-hydrogen) atoms. The summed E-state index contributed by atoms with van der Waals surface area (Å²) in [6.07, 6.45) is 7.47. The van der Waals surface area contributed by atoms with Crippen molar-refractivity contribution in [3.05, 3.63) is 47.5 Å². The van der Waals surface area contributed by atoms with Gasteiger partial charge in [0.2, 0.25) is 0 Å². The number of methoxy groups -OCH3 is 1. The maximum absolute atomic E-state index is 11.4. The fourth-order valence-corrected chi connectivity index (χ4v) is 5.14. The van der Waals surface area contributed by atoms with E-state index in [9.17, 15) is 5.11 Å². The molecule has 1 aromatic heterocycles. The van der Waals surface area contributed by atoms with E-state index in [1.165, 1.54) is 11.1 Å². The van der Waals surface area contributed by atoms with Crippen LogP contribution in [-0.4, -0.2) is 38.8 Å². The number of ether oxygens (including phenoxy) is 1. The molecule has 2 aliphatic rings. The van der Waals surface area contributed by atoms with Crippen molar-refractivity contribution in [1.82, 2.24) is 14.5 Å². The van der Waals surface area contributed by atoms with Gasteiger partial charge in [0.15, 0.2) is 0 Å². The molecule has 0 radical (unpaired) electrons. The average Bonchev–Trinajstić information content (AvgIpc) is 3.16. The number of piperidine rings is 1. The fraction of sp³-hybridized carbons (Fsp3) is 0.609. The Balaban J connectivity index is 1.59. The number of fused-ring (bicyclic) bond motifs is 2. The van der Waals surface area contributed by atoms with Gasteiger partial charge in [-0.3, -0.25) is 4.90 Å². The summed E-state index contributed by atoms with van der Waals surface area (Å²) >= 11 is 0. The van der Waals surface area contributed by atoms with Gasteiger partial charge in [-0.25, -0.2) is 4.98 Å². The van der Waals surface area contributed by atoms with Crippen LogP contribution in [0.3, 0.4) is 0 Å². The second kappa shape index (κ2) is 6.89. The van der Waals surface area contributed by atoms with Gasteiger partial charge in [0.1, 0.15) is 17.2 Å². The van der Waals surface area contributed by atoms with E-state index in [4.69, 9.17) is 4.74 Å². The number of rotatable bonds is 4. The molecule has 1 aromatic carbocycles. The lowest BCUT2D eigenvalue weighted by Crippen LogP contribution is -2.50. The Kier molecular flexibility index (Phi) is 4.79. The predicted molar refractivity (Wildman–Crippen MR) is 110 cm³/mol. The monoisotopic (exact) mass is 383 g/mol. The van der Waals surface area contributed by atoms with Crippen LogP contribution in [0.25, 0.3) is 0 Å². The van der Waals surface area contributed by atoms with Crippen LogP contribution in [-0.2, 0) is 24.6 Å². The van der Waals surface area contributed by atoms with Crippen molar-refractivity contribution in [1.29, 1.82) is 0 Å². The molecule has 3 heterocycles. The molecule has 1 N–H and O–H groups in total. The van der Waals surface area contributed by atoms with Gasteiger partial charge in [-0.15, -0.1) is 0 Å². The minimum Gasteiger partial charge on any atom is -0.496 e. The van der Waals surface area contributed by atoms with Crippen LogP contribution in [0.15, 0.2) is 30.6 Å². The lowest BCUT2D eigenvalue weighted by Gasteiger charge is -2.43. The minimum atomic E-state index is -0.822. The third-order valence-electron chi connectivity index (χ3n) is 6.65. The van der Waals surface area contributed by atoms with Crippen molar-refractivity contribution in [2.45, 2.75) is 76.1 Å². The third-order valence-corrected chi connectivity index (χ3v) is 6.65. The molecule has 2 fully saturated rings.